The maximum absolute atomic E-state index is 10.0. The molecule has 1 saturated carbocycles. The van der Waals surface area contributed by atoms with Crippen LogP contribution in [0.25, 0.3) is 4.85 Å². The number of aliphatic hydroxyl groups is 1. The lowest BCUT2D eigenvalue weighted by Crippen LogP contribution is -2.47. The van der Waals surface area contributed by atoms with Gasteiger partial charge in [0.25, 0.3) is 0 Å². The van der Waals surface area contributed by atoms with Gasteiger partial charge >= 0.3 is 0 Å². The summed E-state index contributed by atoms with van der Waals surface area (Å²) in [6, 6.07) is 0. The highest BCUT2D eigenvalue weighted by molar-refractivity contribution is 5.32. The van der Waals surface area contributed by atoms with Crippen molar-refractivity contribution in [3.05, 3.63) is 35.2 Å². The van der Waals surface area contributed by atoms with Crippen LogP contribution in [-0.2, 0) is 0 Å². The monoisotopic (exact) mass is 273 g/mol. The van der Waals surface area contributed by atoms with Crippen molar-refractivity contribution in [2.45, 2.75) is 52.4 Å². The van der Waals surface area contributed by atoms with Crippen LogP contribution >= 0.6 is 0 Å². The smallest absolute Gasteiger partial charge is 0.215 e. The zero-order chi connectivity index (χ0) is 14.8. The van der Waals surface area contributed by atoms with E-state index in [9.17, 15) is 5.11 Å². The molecule has 0 saturated heterocycles. The highest BCUT2D eigenvalue weighted by atomic mass is 16.3. The predicted octanol–water partition coefficient (Wildman–Crippen LogP) is 4.38. The number of allylic oxidation sites excluding steroid dienone is 2. The van der Waals surface area contributed by atoms with Crippen LogP contribution in [0, 0.1) is 23.3 Å². The first-order chi connectivity index (χ1) is 9.50. The maximum Gasteiger partial charge on any atom is 0.215 e. The first-order valence-corrected chi connectivity index (χ1v) is 7.81. The van der Waals surface area contributed by atoms with Gasteiger partial charge in [0.15, 0.2) is 0 Å². The normalized spacial score (nSPS) is 36.7. The van der Waals surface area contributed by atoms with Gasteiger partial charge in [-0.1, -0.05) is 30.7 Å². The summed E-state index contributed by atoms with van der Waals surface area (Å²) in [6.07, 6.45) is 8.84. The van der Waals surface area contributed by atoms with Gasteiger partial charge in [0.05, 0.1) is 6.61 Å². The third-order valence-corrected chi connectivity index (χ3v) is 5.72. The summed E-state index contributed by atoms with van der Waals surface area (Å²) in [6.45, 7) is 16.6. The SMILES string of the molecule is [C-]#[N+]CC[C@]1(C)C2=CCCC[C@]2(CO)CC[C@H]1C(=C)C. The van der Waals surface area contributed by atoms with Crippen molar-refractivity contribution in [1.29, 1.82) is 0 Å². The molecule has 2 aliphatic carbocycles. The summed E-state index contributed by atoms with van der Waals surface area (Å²) in [7, 11) is 0. The second kappa shape index (κ2) is 5.74. The molecule has 0 bridgehead atoms. The summed E-state index contributed by atoms with van der Waals surface area (Å²) >= 11 is 0. The van der Waals surface area contributed by atoms with E-state index in [0.717, 1.165) is 32.1 Å². The van der Waals surface area contributed by atoms with Crippen molar-refractivity contribution in [2.75, 3.05) is 13.2 Å². The second-order valence-corrected chi connectivity index (χ2v) is 6.94. The molecule has 0 heterocycles. The quantitative estimate of drug-likeness (QED) is 0.597. The van der Waals surface area contributed by atoms with E-state index in [2.05, 4.69) is 31.3 Å². The highest BCUT2D eigenvalue weighted by Gasteiger charge is 2.52. The summed E-state index contributed by atoms with van der Waals surface area (Å²) in [4.78, 5) is 3.59. The molecule has 0 spiro atoms. The Balaban J connectivity index is 2.45. The fraction of sp³-hybridized carbons (Fsp3) is 0.722. The molecule has 110 valence electrons. The van der Waals surface area contributed by atoms with Gasteiger partial charge < -0.3 is 9.95 Å². The Morgan fingerprint density at radius 3 is 2.90 bits per heavy atom. The fourth-order valence-electron chi connectivity index (χ4n) is 4.69. The number of rotatable bonds is 4. The van der Waals surface area contributed by atoms with E-state index >= 15 is 0 Å². The molecule has 2 aliphatic rings. The minimum atomic E-state index is -0.0129. The molecule has 0 aliphatic heterocycles. The maximum atomic E-state index is 10.0. The third-order valence-electron chi connectivity index (χ3n) is 5.72. The van der Waals surface area contributed by atoms with Crippen molar-refractivity contribution >= 4 is 0 Å². The molecular weight excluding hydrogens is 246 g/mol. The van der Waals surface area contributed by atoms with Gasteiger partial charge in [0, 0.05) is 17.3 Å². The molecule has 0 amide bonds. The number of hydrogen-bond donors (Lipinski definition) is 1. The Kier molecular flexibility index (Phi) is 4.39. The molecule has 0 unspecified atom stereocenters. The first kappa shape index (κ1) is 15.3. The van der Waals surface area contributed by atoms with Gasteiger partial charge in [0.1, 0.15) is 0 Å². The minimum Gasteiger partial charge on any atom is -0.395 e. The van der Waals surface area contributed by atoms with Crippen molar-refractivity contribution in [3.8, 4) is 0 Å². The topological polar surface area (TPSA) is 24.6 Å². The Hall–Kier alpha value is -1.07. The van der Waals surface area contributed by atoms with Crippen LogP contribution in [0.3, 0.4) is 0 Å². The molecular formula is C18H27NO. The number of aliphatic hydroxyl groups excluding tert-OH is 1. The minimum absolute atomic E-state index is 0.0117. The van der Waals surface area contributed by atoms with E-state index in [0.29, 0.717) is 12.5 Å². The number of nitrogens with zero attached hydrogens (tertiary/aromatic N) is 1. The van der Waals surface area contributed by atoms with Crippen molar-refractivity contribution in [2.24, 2.45) is 16.7 Å². The third kappa shape index (κ3) is 2.33. The Morgan fingerprint density at radius 2 is 2.30 bits per heavy atom. The molecule has 0 radical (unpaired) electrons. The molecule has 2 nitrogen and oxygen atoms in total. The van der Waals surface area contributed by atoms with Gasteiger partial charge in [-0.3, -0.25) is 0 Å². The standard InChI is InChI=1S/C18H27NO/c1-14(2)15-8-10-18(13-20)9-6-5-7-16(18)17(15,3)11-12-19-4/h7,15,20H,1,5-6,8-13H2,2-3H3/t15-,17-,18+/m0/s1. The van der Waals surface area contributed by atoms with Gasteiger partial charge in [-0.25, -0.2) is 6.57 Å². The van der Waals surface area contributed by atoms with E-state index in [4.69, 9.17) is 6.57 Å². The number of fused-ring (bicyclic) bond motifs is 1. The van der Waals surface area contributed by atoms with E-state index < -0.39 is 0 Å². The van der Waals surface area contributed by atoms with Crippen LogP contribution in [0.15, 0.2) is 23.8 Å². The van der Waals surface area contributed by atoms with Crippen LogP contribution in [-0.4, -0.2) is 18.3 Å². The van der Waals surface area contributed by atoms with Gasteiger partial charge in [0.2, 0.25) is 6.54 Å². The molecule has 1 fully saturated rings. The van der Waals surface area contributed by atoms with E-state index in [1.54, 1.807) is 0 Å². The first-order valence-electron chi connectivity index (χ1n) is 7.81. The molecule has 2 heteroatoms. The molecule has 3 atom stereocenters. The Labute approximate surface area is 123 Å². The zero-order valence-corrected chi connectivity index (χ0v) is 12.9. The largest absolute Gasteiger partial charge is 0.395 e. The van der Waals surface area contributed by atoms with Crippen molar-refractivity contribution in [1.82, 2.24) is 0 Å². The van der Waals surface area contributed by atoms with E-state index in [1.165, 1.54) is 17.6 Å². The average Bonchev–Trinajstić information content (AvgIpc) is 2.45. The summed E-state index contributed by atoms with van der Waals surface area (Å²) in [5.74, 6) is 0.452. The van der Waals surface area contributed by atoms with Crippen LogP contribution in [0.1, 0.15) is 52.4 Å². The predicted molar refractivity (Wildman–Crippen MR) is 83.2 cm³/mol. The molecule has 0 aromatic rings. The zero-order valence-electron chi connectivity index (χ0n) is 12.9. The van der Waals surface area contributed by atoms with E-state index in [1.807, 2.05) is 0 Å². The molecule has 0 aromatic heterocycles. The fourth-order valence-corrected chi connectivity index (χ4v) is 4.69. The van der Waals surface area contributed by atoms with Gasteiger partial charge in [-0.05, 0) is 44.9 Å². The Bertz CT molecular complexity index is 459. The Morgan fingerprint density at radius 1 is 1.55 bits per heavy atom. The van der Waals surface area contributed by atoms with Gasteiger partial charge in [-0.2, -0.15) is 0 Å². The highest BCUT2D eigenvalue weighted by Crippen LogP contribution is 2.60. The average molecular weight is 273 g/mol. The van der Waals surface area contributed by atoms with Crippen molar-refractivity contribution < 1.29 is 5.11 Å². The molecule has 2 rings (SSSR count). The van der Waals surface area contributed by atoms with Gasteiger partial charge in [-0.15, -0.1) is 0 Å². The van der Waals surface area contributed by atoms with Crippen LogP contribution in [0.4, 0.5) is 0 Å². The second-order valence-electron chi connectivity index (χ2n) is 6.94. The lowest BCUT2D eigenvalue weighted by molar-refractivity contribution is 0.0449. The number of hydrogen-bond acceptors (Lipinski definition) is 1. The summed E-state index contributed by atoms with van der Waals surface area (Å²) in [5.41, 5.74) is 2.66. The lowest BCUT2D eigenvalue weighted by Gasteiger charge is -2.54. The van der Waals surface area contributed by atoms with Crippen LogP contribution in [0.5, 0.6) is 0 Å². The molecule has 20 heavy (non-hydrogen) atoms. The van der Waals surface area contributed by atoms with Crippen LogP contribution < -0.4 is 0 Å². The molecule has 0 aromatic carbocycles. The van der Waals surface area contributed by atoms with E-state index in [-0.39, 0.29) is 17.4 Å². The van der Waals surface area contributed by atoms with Crippen LogP contribution in [0.2, 0.25) is 0 Å². The van der Waals surface area contributed by atoms with Crippen molar-refractivity contribution in [3.63, 3.8) is 0 Å². The lowest BCUT2D eigenvalue weighted by atomic mass is 9.50. The molecule has 1 N–H and O–H groups in total. The summed E-state index contributed by atoms with van der Waals surface area (Å²) < 4.78 is 0. The summed E-state index contributed by atoms with van der Waals surface area (Å²) in [5, 5.41) is 10.0.